The van der Waals surface area contributed by atoms with Crippen LogP contribution in [0.25, 0.3) is 0 Å². The van der Waals surface area contributed by atoms with Crippen LogP contribution in [0.4, 0.5) is 0 Å². The summed E-state index contributed by atoms with van der Waals surface area (Å²) >= 11 is 0. The van der Waals surface area contributed by atoms with E-state index in [4.69, 9.17) is 0 Å². The zero-order valence-corrected chi connectivity index (χ0v) is 16.1. The molecule has 2 aromatic carbocycles. The van der Waals surface area contributed by atoms with Gasteiger partial charge in [-0.2, -0.15) is 0 Å². The number of carbonyl (C=O) groups excluding carboxylic acids is 1. The second-order valence-electron chi connectivity index (χ2n) is 7.33. The first kappa shape index (κ1) is 20.1. The predicted molar refractivity (Wildman–Crippen MR) is 109 cm³/mol. The molecule has 0 bridgehead atoms. The standard InChI is InChI=1S/C23H28N2O3/c26-22(17-25-16-8-7-13-21(25)23(27)28)24-15-14-20(18-9-3-1-4-10-18)19-11-5-2-6-12-19/h1-6,9-12,20-21H,7-8,13-17H2,(H,24,26)(H,27,28). The number of hydrogen-bond acceptors (Lipinski definition) is 3. The first-order valence-corrected chi connectivity index (χ1v) is 9.98. The smallest absolute Gasteiger partial charge is 0.320 e. The third-order valence-electron chi connectivity index (χ3n) is 5.40. The fraction of sp³-hybridized carbons (Fsp3) is 0.391. The van der Waals surface area contributed by atoms with Gasteiger partial charge in [-0.1, -0.05) is 67.1 Å². The molecule has 5 nitrogen and oxygen atoms in total. The highest BCUT2D eigenvalue weighted by atomic mass is 16.4. The third-order valence-corrected chi connectivity index (χ3v) is 5.40. The van der Waals surface area contributed by atoms with Gasteiger partial charge in [0.25, 0.3) is 0 Å². The van der Waals surface area contributed by atoms with Gasteiger partial charge < -0.3 is 10.4 Å². The Hall–Kier alpha value is -2.66. The van der Waals surface area contributed by atoms with E-state index in [2.05, 4.69) is 29.6 Å². The molecule has 0 radical (unpaired) electrons. The van der Waals surface area contributed by atoms with Crippen molar-refractivity contribution in [3.8, 4) is 0 Å². The highest BCUT2D eigenvalue weighted by Crippen LogP contribution is 2.27. The summed E-state index contributed by atoms with van der Waals surface area (Å²) in [7, 11) is 0. The van der Waals surface area contributed by atoms with Gasteiger partial charge in [0, 0.05) is 12.5 Å². The molecule has 1 amide bonds. The molecule has 0 aliphatic carbocycles. The maximum absolute atomic E-state index is 12.4. The molecule has 0 saturated carbocycles. The van der Waals surface area contributed by atoms with Gasteiger partial charge in [-0.05, 0) is 36.9 Å². The number of hydrogen-bond donors (Lipinski definition) is 2. The number of nitrogens with zero attached hydrogens (tertiary/aromatic N) is 1. The molecule has 1 saturated heterocycles. The topological polar surface area (TPSA) is 69.6 Å². The fourth-order valence-electron chi connectivity index (χ4n) is 3.95. The predicted octanol–water partition coefficient (Wildman–Crippen LogP) is 3.26. The lowest BCUT2D eigenvalue weighted by Gasteiger charge is -2.32. The van der Waals surface area contributed by atoms with E-state index in [1.807, 2.05) is 36.4 Å². The number of carboxylic acids is 1. The molecule has 1 aliphatic heterocycles. The van der Waals surface area contributed by atoms with E-state index in [-0.39, 0.29) is 18.4 Å². The number of amides is 1. The maximum Gasteiger partial charge on any atom is 0.320 e. The Morgan fingerprint density at radius 3 is 2.18 bits per heavy atom. The number of benzene rings is 2. The Kier molecular flexibility index (Phi) is 7.20. The molecule has 28 heavy (non-hydrogen) atoms. The maximum atomic E-state index is 12.4. The van der Waals surface area contributed by atoms with Crippen molar-refractivity contribution in [1.29, 1.82) is 0 Å². The summed E-state index contributed by atoms with van der Waals surface area (Å²) in [6.07, 6.45) is 3.26. The lowest BCUT2D eigenvalue weighted by atomic mass is 9.88. The van der Waals surface area contributed by atoms with Gasteiger partial charge in [-0.3, -0.25) is 14.5 Å². The molecule has 5 heteroatoms. The Morgan fingerprint density at radius 2 is 1.61 bits per heavy atom. The number of nitrogens with one attached hydrogen (secondary N) is 1. The van der Waals surface area contributed by atoms with E-state index in [0.717, 1.165) is 19.3 Å². The molecule has 1 aliphatic rings. The molecule has 1 fully saturated rings. The average Bonchev–Trinajstić information content (AvgIpc) is 2.73. The van der Waals surface area contributed by atoms with E-state index in [1.54, 1.807) is 4.90 Å². The monoisotopic (exact) mass is 380 g/mol. The van der Waals surface area contributed by atoms with Crippen LogP contribution < -0.4 is 5.32 Å². The van der Waals surface area contributed by atoms with Crippen molar-refractivity contribution in [3.05, 3.63) is 71.8 Å². The summed E-state index contributed by atoms with van der Waals surface area (Å²) in [5, 5.41) is 12.3. The summed E-state index contributed by atoms with van der Waals surface area (Å²) in [4.78, 5) is 25.6. The normalized spacial score (nSPS) is 17.4. The van der Waals surface area contributed by atoms with E-state index >= 15 is 0 Å². The van der Waals surface area contributed by atoms with Gasteiger partial charge >= 0.3 is 5.97 Å². The Morgan fingerprint density at radius 1 is 1.00 bits per heavy atom. The Labute approximate surface area is 166 Å². The number of likely N-dealkylation sites (tertiary alicyclic amines) is 1. The van der Waals surface area contributed by atoms with Gasteiger partial charge in [0.2, 0.25) is 5.91 Å². The van der Waals surface area contributed by atoms with Crippen LogP contribution in [0.2, 0.25) is 0 Å². The summed E-state index contributed by atoms with van der Waals surface area (Å²) in [5.74, 6) is -0.724. The second kappa shape index (κ2) is 10.0. The molecule has 3 rings (SSSR count). The van der Waals surface area contributed by atoms with Gasteiger partial charge in [-0.25, -0.2) is 0 Å². The number of rotatable bonds is 8. The first-order chi connectivity index (χ1) is 13.6. The average molecular weight is 380 g/mol. The molecule has 0 spiro atoms. The number of carbonyl (C=O) groups is 2. The minimum absolute atomic E-state index is 0.104. The quantitative estimate of drug-likeness (QED) is 0.737. The van der Waals surface area contributed by atoms with E-state index in [0.29, 0.717) is 19.5 Å². The molecule has 148 valence electrons. The minimum atomic E-state index is -0.833. The van der Waals surface area contributed by atoms with Crippen LogP contribution in [0.1, 0.15) is 42.7 Å². The SMILES string of the molecule is O=C(CN1CCCCC1C(=O)O)NCCC(c1ccccc1)c1ccccc1. The molecule has 2 aromatic rings. The number of aliphatic carboxylic acids is 1. The number of piperidine rings is 1. The van der Waals surface area contributed by atoms with Crippen molar-refractivity contribution in [1.82, 2.24) is 10.2 Å². The van der Waals surface area contributed by atoms with Crippen LogP contribution in [0.15, 0.2) is 60.7 Å². The van der Waals surface area contributed by atoms with Crippen molar-refractivity contribution in [2.24, 2.45) is 0 Å². The summed E-state index contributed by atoms with van der Waals surface area (Å²) < 4.78 is 0. The fourth-order valence-corrected chi connectivity index (χ4v) is 3.95. The van der Waals surface area contributed by atoms with Crippen LogP contribution in [0.5, 0.6) is 0 Å². The summed E-state index contributed by atoms with van der Waals surface area (Å²) in [5.41, 5.74) is 2.45. The zero-order chi connectivity index (χ0) is 19.8. The zero-order valence-electron chi connectivity index (χ0n) is 16.1. The van der Waals surface area contributed by atoms with Crippen LogP contribution in [-0.4, -0.2) is 47.6 Å². The first-order valence-electron chi connectivity index (χ1n) is 9.98. The van der Waals surface area contributed by atoms with E-state index in [1.165, 1.54) is 11.1 Å². The number of carboxylic acid groups (broad SMARTS) is 1. The van der Waals surface area contributed by atoms with Crippen molar-refractivity contribution >= 4 is 11.9 Å². The van der Waals surface area contributed by atoms with E-state index < -0.39 is 12.0 Å². The second-order valence-corrected chi connectivity index (χ2v) is 7.33. The molecule has 1 atom stereocenters. The molecular weight excluding hydrogens is 352 g/mol. The van der Waals surface area contributed by atoms with Crippen molar-refractivity contribution in [3.63, 3.8) is 0 Å². The van der Waals surface area contributed by atoms with Crippen molar-refractivity contribution in [2.75, 3.05) is 19.6 Å². The molecule has 2 N–H and O–H groups in total. The molecule has 0 aromatic heterocycles. The Bertz CT molecular complexity index is 724. The minimum Gasteiger partial charge on any atom is -0.480 e. The highest BCUT2D eigenvalue weighted by molar-refractivity contribution is 5.80. The highest BCUT2D eigenvalue weighted by Gasteiger charge is 2.29. The van der Waals surface area contributed by atoms with Gasteiger partial charge in [0.15, 0.2) is 0 Å². The Balaban J connectivity index is 1.57. The van der Waals surface area contributed by atoms with Crippen molar-refractivity contribution in [2.45, 2.75) is 37.6 Å². The van der Waals surface area contributed by atoms with E-state index in [9.17, 15) is 14.7 Å². The van der Waals surface area contributed by atoms with Crippen LogP contribution >= 0.6 is 0 Å². The van der Waals surface area contributed by atoms with Crippen LogP contribution in [-0.2, 0) is 9.59 Å². The lowest BCUT2D eigenvalue weighted by molar-refractivity contribution is -0.145. The van der Waals surface area contributed by atoms with Gasteiger partial charge in [0.1, 0.15) is 6.04 Å². The van der Waals surface area contributed by atoms with Crippen molar-refractivity contribution < 1.29 is 14.7 Å². The summed E-state index contributed by atoms with van der Waals surface area (Å²) in [6.45, 7) is 1.37. The van der Waals surface area contributed by atoms with Crippen LogP contribution in [0, 0.1) is 0 Å². The molecule has 1 unspecified atom stereocenters. The third kappa shape index (κ3) is 5.42. The van der Waals surface area contributed by atoms with Crippen LogP contribution in [0.3, 0.4) is 0 Å². The van der Waals surface area contributed by atoms with Gasteiger partial charge in [0.05, 0.1) is 6.54 Å². The molecular formula is C23H28N2O3. The lowest BCUT2D eigenvalue weighted by Crippen LogP contribution is -2.49. The van der Waals surface area contributed by atoms with Gasteiger partial charge in [-0.15, -0.1) is 0 Å². The summed E-state index contributed by atoms with van der Waals surface area (Å²) in [6, 6.07) is 20.1. The molecule has 1 heterocycles. The largest absolute Gasteiger partial charge is 0.480 e.